The van der Waals surface area contributed by atoms with Gasteiger partial charge in [-0.05, 0) is 46.5 Å². The quantitative estimate of drug-likeness (QED) is 0.235. The van der Waals surface area contributed by atoms with Gasteiger partial charge in [-0.3, -0.25) is 4.79 Å². The Hall–Kier alpha value is -4.33. The number of rotatable bonds is 4. The Morgan fingerprint density at radius 1 is 1.07 bits per heavy atom. The Labute approximate surface area is 171 Å². The lowest BCUT2D eigenvalue weighted by molar-refractivity contribution is 0.102. The highest BCUT2D eigenvalue weighted by atomic mass is 16.5. The van der Waals surface area contributed by atoms with Crippen molar-refractivity contribution in [3.8, 4) is 11.5 Å². The Balaban J connectivity index is 1.74. The van der Waals surface area contributed by atoms with Gasteiger partial charge in [0.2, 0.25) is 0 Å². The van der Waals surface area contributed by atoms with Crippen molar-refractivity contribution in [1.82, 2.24) is 4.98 Å². The third-order valence-corrected chi connectivity index (χ3v) is 4.63. The van der Waals surface area contributed by atoms with E-state index in [-0.39, 0.29) is 23.0 Å². The molecule has 1 amide bonds. The van der Waals surface area contributed by atoms with Gasteiger partial charge in [-0.2, -0.15) is 4.99 Å². The van der Waals surface area contributed by atoms with Crippen molar-refractivity contribution in [3.05, 3.63) is 66.4 Å². The number of hydrogen-bond acceptors (Lipinski definition) is 5. The number of phenols is 1. The van der Waals surface area contributed by atoms with Crippen LogP contribution in [0.15, 0.2) is 65.8 Å². The second kappa shape index (κ2) is 7.59. The van der Waals surface area contributed by atoms with E-state index in [0.29, 0.717) is 16.9 Å². The van der Waals surface area contributed by atoms with Crippen LogP contribution in [0.1, 0.15) is 10.4 Å². The molecular weight excluding hydrogens is 382 g/mol. The normalized spacial score (nSPS) is 10.7. The number of aromatic nitrogens is 1. The Kier molecular flexibility index (Phi) is 4.81. The summed E-state index contributed by atoms with van der Waals surface area (Å²) in [6.07, 6.45) is 1.42. The fourth-order valence-electron chi connectivity index (χ4n) is 3.28. The number of phenolic OH excluding ortho intramolecular Hbond substituents is 1. The topological polar surface area (TPSA) is 136 Å². The largest absolute Gasteiger partial charge is 0.504 e. The average molecular weight is 401 g/mol. The van der Waals surface area contributed by atoms with Crippen LogP contribution >= 0.6 is 0 Å². The van der Waals surface area contributed by atoms with Crippen molar-refractivity contribution in [1.29, 1.82) is 0 Å². The van der Waals surface area contributed by atoms with Gasteiger partial charge in [0.15, 0.2) is 23.3 Å². The van der Waals surface area contributed by atoms with Crippen LogP contribution in [0.25, 0.3) is 21.5 Å². The predicted molar refractivity (Wildman–Crippen MR) is 117 cm³/mol. The van der Waals surface area contributed by atoms with Crippen LogP contribution in [-0.4, -0.2) is 29.1 Å². The van der Waals surface area contributed by atoms with Gasteiger partial charge in [0.05, 0.1) is 24.6 Å². The maximum Gasteiger partial charge on any atom is 0.259 e. The number of pyridine rings is 1. The molecule has 0 aliphatic carbocycles. The van der Waals surface area contributed by atoms with Crippen LogP contribution in [0.2, 0.25) is 0 Å². The smallest absolute Gasteiger partial charge is 0.259 e. The number of carbonyl (C=O) groups excluding carboxylic acids is 1. The lowest BCUT2D eigenvalue weighted by atomic mass is 9.99. The molecule has 0 saturated carbocycles. The summed E-state index contributed by atoms with van der Waals surface area (Å²) in [5, 5.41) is 16.9. The molecule has 0 spiro atoms. The molecule has 0 radical (unpaired) electrons. The van der Waals surface area contributed by atoms with E-state index >= 15 is 0 Å². The maximum atomic E-state index is 12.9. The first-order valence-corrected chi connectivity index (χ1v) is 9.06. The third-order valence-electron chi connectivity index (χ3n) is 4.63. The first kappa shape index (κ1) is 19.0. The third kappa shape index (κ3) is 3.53. The zero-order valence-corrected chi connectivity index (χ0v) is 16.1. The molecule has 0 aliphatic heterocycles. The monoisotopic (exact) mass is 401 g/mol. The minimum Gasteiger partial charge on any atom is -0.504 e. The molecule has 4 rings (SSSR count). The molecule has 0 atom stereocenters. The summed E-state index contributed by atoms with van der Waals surface area (Å²) in [7, 11) is 1.46. The molecule has 0 aliphatic rings. The Bertz CT molecular complexity index is 1300. The second-order valence-electron chi connectivity index (χ2n) is 6.62. The number of benzene rings is 3. The molecule has 8 heteroatoms. The number of aliphatic imine (C=N–C) groups is 1. The van der Waals surface area contributed by atoms with Gasteiger partial charge >= 0.3 is 0 Å². The van der Waals surface area contributed by atoms with Crippen molar-refractivity contribution < 1.29 is 14.6 Å². The summed E-state index contributed by atoms with van der Waals surface area (Å²) < 4.78 is 5.42. The van der Waals surface area contributed by atoms with Crippen LogP contribution in [0.5, 0.6) is 11.5 Å². The summed E-state index contributed by atoms with van der Waals surface area (Å²) >= 11 is 0. The molecular formula is C22H19N5O3. The lowest BCUT2D eigenvalue weighted by Crippen LogP contribution is -2.22. The van der Waals surface area contributed by atoms with Gasteiger partial charge in [-0.15, -0.1) is 0 Å². The molecule has 0 unspecified atom stereocenters. The lowest BCUT2D eigenvalue weighted by Gasteiger charge is -2.14. The summed E-state index contributed by atoms with van der Waals surface area (Å²) in [4.78, 5) is 20.7. The molecule has 6 N–H and O–H groups in total. The maximum absolute atomic E-state index is 12.9. The van der Waals surface area contributed by atoms with Crippen molar-refractivity contribution >= 4 is 44.9 Å². The van der Waals surface area contributed by atoms with E-state index in [0.717, 1.165) is 16.2 Å². The number of amides is 1. The van der Waals surface area contributed by atoms with E-state index in [9.17, 15) is 9.90 Å². The first-order valence-electron chi connectivity index (χ1n) is 9.06. The van der Waals surface area contributed by atoms with Crippen LogP contribution in [0.3, 0.4) is 0 Å². The fraction of sp³-hybridized carbons (Fsp3) is 0.0455. The molecule has 150 valence electrons. The van der Waals surface area contributed by atoms with Gasteiger partial charge in [0.25, 0.3) is 5.91 Å². The number of guanidine groups is 1. The molecule has 0 fully saturated rings. The zero-order chi connectivity index (χ0) is 21.3. The van der Waals surface area contributed by atoms with E-state index in [4.69, 9.17) is 16.2 Å². The van der Waals surface area contributed by atoms with Crippen LogP contribution in [0, 0.1) is 0 Å². The van der Waals surface area contributed by atoms with Gasteiger partial charge in [-0.25, -0.2) is 4.98 Å². The van der Waals surface area contributed by atoms with E-state index in [2.05, 4.69) is 15.3 Å². The van der Waals surface area contributed by atoms with Gasteiger partial charge < -0.3 is 26.6 Å². The average Bonchev–Trinajstić information content (AvgIpc) is 2.73. The Morgan fingerprint density at radius 3 is 2.43 bits per heavy atom. The number of carbonyl (C=O) groups is 1. The molecule has 8 nitrogen and oxygen atoms in total. The summed E-state index contributed by atoms with van der Waals surface area (Å²) in [5.41, 5.74) is 11.2. The predicted octanol–water partition coefficient (Wildman–Crippen LogP) is 3.26. The summed E-state index contributed by atoms with van der Waals surface area (Å²) in [5.74, 6) is -0.292. The number of methoxy groups -OCH3 is 1. The van der Waals surface area contributed by atoms with Crippen LogP contribution in [0.4, 0.5) is 11.5 Å². The number of ether oxygens (including phenoxy) is 1. The first-order chi connectivity index (χ1) is 14.5. The van der Waals surface area contributed by atoms with Crippen molar-refractivity contribution in [2.24, 2.45) is 16.5 Å². The number of nitrogens with zero attached hydrogens (tertiary/aromatic N) is 2. The minimum atomic E-state index is -0.503. The number of nitrogens with two attached hydrogens (primary N) is 2. The van der Waals surface area contributed by atoms with E-state index in [1.165, 1.54) is 13.3 Å². The fourth-order valence-corrected chi connectivity index (χ4v) is 3.28. The number of anilines is 1. The molecule has 0 saturated heterocycles. The molecule has 1 aromatic heterocycles. The van der Waals surface area contributed by atoms with Crippen LogP contribution < -0.4 is 21.5 Å². The Morgan fingerprint density at radius 2 is 1.80 bits per heavy atom. The SMILES string of the molecule is COc1c(O)c(C(=O)Nc2ccc(N=C(N)N)nc2)cc2cc3ccccc3cc12. The summed E-state index contributed by atoms with van der Waals surface area (Å²) in [6, 6.07) is 16.5. The molecule has 0 bridgehead atoms. The van der Waals surface area contributed by atoms with E-state index < -0.39 is 5.91 Å². The highest BCUT2D eigenvalue weighted by molar-refractivity contribution is 6.12. The minimum absolute atomic E-state index is 0.0860. The van der Waals surface area contributed by atoms with Crippen molar-refractivity contribution in [3.63, 3.8) is 0 Å². The number of nitrogens with one attached hydrogen (secondary N) is 1. The van der Waals surface area contributed by atoms with Gasteiger partial charge in [0.1, 0.15) is 0 Å². The van der Waals surface area contributed by atoms with Gasteiger partial charge in [-0.1, -0.05) is 24.3 Å². The van der Waals surface area contributed by atoms with Gasteiger partial charge in [0, 0.05) is 5.39 Å². The number of hydrogen-bond donors (Lipinski definition) is 4. The molecule has 1 heterocycles. The second-order valence-corrected chi connectivity index (χ2v) is 6.62. The standard InChI is InChI=1S/C22H19N5O3/c1-30-20-16-9-13-5-3-2-4-12(13)8-14(16)10-17(19(20)28)21(29)26-15-6-7-18(25-11-15)27-22(23)24/h2-11,28H,1H3,(H,26,29)(H4,23,24,25,27). The molecule has 4 aromatic rings. The van der Waals surface area contributed by atoms with E-state index in [1.807, 2.05) is 36.4 Å². The number of fused-ring (bicyclic) bond motifs is 2. The highest BCUT2D eigenvalue weighted by Crippen LogP contribution is 2.40. The van der Waals surface area contributed by atoms with Crippen molar-refractivity contribution in [2.75, 3.05) is 12.4 Å². The van der Waals surface area contributed by atoms with Crippen molar-refractivity contribution in [2.45, 2.75) is 0 Å². The molecule has 3 aromatic carbocycles. The zero-order valence-electron chi connectivity index (χ0n) is 16.1. The molecule has 30 heavy (non-hydrogen) atoms. The van der Waals surface area contributed by atoms with E-state index in [1.54, 1.807) is 18.2 Å². The summed E-state index contributed by atoms with van der Waals surface area (Å²) in [6.45, 7) is 0. The number of aromatic hydroxyl groups is 1. The highest BCUT2D eigenvalue weighted by Gasteiger charge is 2.19. The van der Waals surface area contributed by atoms with Crippen LogP contribution in [-0.2, 0) is 0 Å².